The van der Waals surface area contributed by atoms with E-state index in [9.17, 15) is 4.79 Å². The summed E-state index contributed by atoms with van der Waals surface area (Å²) in [6, 6.07) is 13.3. The summed E-state index contributed by atoms with van der Waals surface area (Å²) in [6.45, 7) is 2.20. The first-order valence-corrected chi connectivity index (χ1v) is 9.43. The molecule has 6 heteroatoms. The van der Waals surface area contributed by atoms with E-state index in [1.54, 1.807) is 30.5 Å². The zero-order valence-corrected chi connectivity index (χ0v) is 15.1. The highest BCUT2D eigenvalue weighted by molar-refractivity contribution is 5.89. The predicted octanol–water partition coefficient (Wildman–Crippen LogP) is 2.78. The van der Waals surface area contributed by atoms with Crippen LogP contribution in [0.1, 0.15) is 24.0 Å². The molecular weight excluding hydrogens is 338 g/mol. The first-order valence-electron chi connectivity index (χ1n) is 9.43. The normalized spacial score (nSPS) is 26.2. The number of urea groups is 1. The van der Waals surface area contributed by atoms with E-state index in [-0.39, 0.29) is 12.1 Å². The first-order chi connectivity index (χ1) is 13.2. The molecule has 0 aliphatic carbocycles. The van der Waals surface area contributed by atoms with E-state index in [2.05, 4.69) is 32.7 Å². The molecule has 2 aromatic rings. The largest absolute Gasteiger partial charge is 0.333 e. The van der Waals surface area contributed by atoms with E-state index in [1.807, 2.05) is 12.3 Å². The molecule has 6 nitrogen and oxygen atoms in total. The van der Waals surface area contributed by atoms with Crippen molar-refractivity contribution in [1.82, 2.24) is 15.2 Å². The molecule has 1 aromatic heterocycles. The second-order valence-electron chi connectivity index (χ2n) is 7.32. The second kappa shape index (κ2) is 7.77. The lowest BCUT2D eigenvalue weighted by Gasteiger charge is -2.51. The monoisotopic (exact) mass is 361 g/mol. The van der Waals surface area contributed by atoms with Gasteiger partial charge in [-0.05, 0) is 74.2 Å². The van der Waals surface area contributed by atoms with Crippen LogP contribution in [-0.2, 0) is 6.42 Å². The third-order valence-corrected chi connectivity index (χ3v) is 5.70. The molecule has 138 valence electrons. The maximum absolute atomic E-state index is 12.6. The Morgan fingerprint density at radius 2 is 2.00 bits per heavy atom. The average Bonchev–Trinajstić information content (AvgIpc) is 2.72. The third kappa shape index (κ3) is 3.93. The molecule has 0 saturated carbocycles. The summed E-state index contributed by atoms with van der Waals surface area (Å²) < 4.78 is 0. The molecule has 3 fully saturated rings. The lowest BCUT2D eigenvalue weighted by atomic mass is 9.77. The molecule has 2 amide bonds. The average molecular weight is 361 g/mol. The molecule has 4 heterocycles. The number of nitrogens with zero attached hydrogens (tertiary/aromatic N) is 3. The Labute approximate surface area is 159 Å². The summed E-state index contributed by atoms with van der Waals surface area (Å²) in [6.07, 6.45) is 6.86. The van der Waals surface area contributed by atoms with Crippen LogP contribution < -0.4 is 10.6 Å². The number of aromatic nitrogens is 1. The number of rotatable bonds is 4. The topological polar surface area (TPSA) is 81.0 Å². The minimum absolute atomic E-state index is 0.131. The van der Waals surface area contributed by atoms with Crippen LogP contribution in [0.25, 0.3) is 0 Å². The summed E-state index contributed by atoms with van der Waals surface area (Å²) in [5.74, 6) is 0.517. The fourth-order valence-electron chi connectivity index (χ4n) is 4.33. The molecule has 2 atom stereocenters. The quantitative estimate of drug-likeness (QED) is 0.877. The summed E-state index contributed by atoms with van der Waals surface area (Å²) in [5.41, 5.74) is 2.47. The molecule has 2 unspecified atom stereocenters. The number of hydrogen-bond acceptors (Lipinski definition) is 4. The van der Waals surface area contributed by atoms with Gasteiger partial charge in [-0.1, -0.05) is 6.07 Å². The van der Waals surface area contributed by atoms with Crippen molar-refractivity contribution in [3.05, 3.63) is 59.9 Å². The van der Waals surface area contributed by atoms with Gasteiger partial charge in [0, 0.05) is 30.2 Å². The van der Waals surface area contributed by atoms with E-state index >= 15 is 0 Å². The Balaban J connectivity index is 1.44. The fraction of sp³-hybridized carbons (Fsp3) is 0.381. The van der Waals surface area contributed by atoms with Gasteiger partial charge in [0.25, 0.3) is 0 Å². The minimum atomic E-state index is -0.186. The molecule has 2 N–H and O–H groups in total. The van der Waals surface area contributed by atoms with Crippen LogP contribution in [0.3, 0.4) is 0 Å². The van der Waals surface area contributed by atoms with E-state index in [0.29, 0.717) is 23.2 Å². The summed E-state index contributed by atoms with van der Waals surface area (Å²) in [7, 11) is 0. The molecule has 3 aliphatic rings. The van der Waals surface area contributed by atoms with Crippen molar-refractivity contribution >= 4 is 11.7 Å². The van der Waals surface area contributed by atoms with Crippen LogP contribution in [0.15, 0.2) is 48.8 Å². The number of hydrogen-bond donors (Lipinski definition) is 2. The highest BCUT2D eigenvalue weighted by Crippen LogP contribution is 2.34. The van der Waals surface area contributed by atoms with Gasteiger partial charge in [0.15, 0.2) is 0 Å². The number of piperidine rings is 3. The molecule has 0 radical (unpaired) electrons. The highest BCUT2D eigenvalue weighted by Gasteiger charge is 2.42. The summed E-state index contributed by atoms with van der Waals surface area (Å²) in [4.78, 5) is 19.3. The maximum atomic E-state index is 12.6. The lowest BCUT2D eigenvalue weighted by molar-refractivity contribution is 0.0184. The van der Waals surface area contributed by atoms with Gasteiger partial charge in [-0.3, -0.25) is 9.88 Å². The predicted molar refractivity (Wildman–Crippen MR) is 103 cm³/mol. The van der Waals surface area contributed by atoms with Gasteiger partial charge in [0.05, 0.1) is 11.6 Å². The molecule has 0 spiro atoms. The molecule has 3 aliphatic heterocycles. The van der Waals surface area contributed by atoms with E-state index in [4.69, 9.17) is 5.26 Å². The number of nitrogens with one attached hydrogen (secondary N) is 2. The van der Waals surface area contributed by atoms with Crippen LogP contribution in [0.5, 0.6) is 0 Å². The van der Waals surface area contributed by atoms with Crippen LogP contribution in [0.4, 0.5) is 10.5 Å². The van der Waals surface area contributed by atoms with Crippen molar-refractivity contribution in [2.75, 3.05) is 18.4 Å². The van der Waals surface area contributed by atoms with Crippen LogP contribution >= 0.6 is 0 Å². The number of benzene rings is 1. The van der Waals surface area contributed by atoms with Crippen LogP contribution in [0, 0.1) is 17.2 Å². The van der Waals surface area contributed by atoms with Crippen molar-refractivity contribution in [2.45, 2.75) is 31.3 Å². The van der Waals surface area contributed by atoms with Gasteiger partial charge in [0.2, 0.25) is 0 Å². The van der Waals surface area contributed by atoms with Gasteiger partial charge in [0.1, 0.15) is 0 Å². The SMILES string of the molecule is N#Cc1ccc(NC(=O)NC2C3CCN(CC3)C2Cc2cccnc2)cc1. The number of amides is 2. The van der Waals surface area contributed by atoms with Crippen LogP contribution in [-0.4, -0.2) is 41.1 Å². The van der Waals surface area contributed by atoms with Crippen LogP contribution in [0.2, 0.25) is 0 Å². The van der Waals surface area contributed by atoms with Crippen molar-refractivity contribution in [3.8, 4) is 6.07 Å². The molecule has 5 rings (SSSR count). The number of nitriles is 1. The highest BCUT2D eigenvalue weighted by atomic mass is 16.2. The van der Waals surface area contributed by atoms with Crippen molar-refractivity contribution in [2.24, 2.45) is 5.92 Å². The zero-order valence-electron chi connectivity index (χ0n) is 15.1. The van der Waals surface area contributed by atoms with Crippen molar-refractivity contribution in [3.63, 3.8) is 0 Å². The summed E-state index contributed by atoms with van der Waals surface area (Å²) >= 11 is 0. The lowest BCUT2D eigenvalue weighted by Crippen LogP contribution is -2.64. The number of carbonyl (C=O) groups excluding carboxylic acids is 1. The van der Waals surface area contributed by atoms with Gasteiger partial charge in [-0.2, -0.15) is 5.26 Å². The zero-order chi connectivity index (χ0) is 18.6. The smallest absolute Gasteiger partial charge is 0.319 e. The Bertz CT molecular complexity index is 822. The fourth-order valence-corrected chi connectivity index (χ4v) is 4.33. The number of pyridine rings is 1. The second-order valence-corrected chi connectivity index (χ2v) is 7.32. The molecular formula is C21H23N5O. The minimum Gasteiger partial charge on any atom is -0.333 e. The number of carbonyl (C=O) groups is 1. The van der Waals surface area contributed by atoms with Gasteiger partial charge in [-0.25, -0.2) is 4.79 Å². The molecule has 2 bridgehead atoms. The van der Waals surface area contributed by atoms with E-state index in [0.717, 1.165) is 32.4 Å². The third-order valence-electron chi connectivity index (χ3n) is 5.70. The number of fused-ring (bicyclic) bond motifs is 3. The molecule has 3 saturated heterocycles. The molecule has 27 heavy (non-hydrogen) atoms. The first kappa shape index (κ1) is 17.5. The Morgan fingerprint density at radius 1 is 1.22 bits per heavy atom. The van der Waals surface area contributed by atoms with Gasteiger partial charge < -0.3 is 10.6 Å². The number of anilines is 1. The van der Waals surface area contributed by atoms with Gasteiger partial charge in [-0.15, -0.1) is 0 Å². The van der Waals surface area contributed by atoms with Gasteiger partial charge >= 0.3 is 6.03 Å². The Hall–Kier alpha value is -2.91. The van der Waals surface area contributed by atoms with Crippen molar-refractivity contribution < 1.29 is 4.79 Å². The molecule has 1 aromatic carbocycles. The van der Waals surface area contributed by atoms with Crippen molar-refractivity contribution in [1.29, 1.82) is 5.26 Å². The Kier molecular flexibility index (Phi) is 5.03. The van der Waals surface area contributed by atoms with E-state index in [1.165, 1.54) is 5.56 Å². The standard InChI is InChI=1S/C21H23N5O/c22-13-15-3-5-18(6-4-15)24-21(27)25-20-17-7-10-26(11-8-17)19(20)12-16-2-1-9-23-14-16/h1-6,9,14,17,19-20H,7-8,10-12H2,(H2,24,25,27). The Morgan fingerprint density at radius 3 is 2.67 bits per heavy atom. The summed E-state index contributed by atoms with van der Waals surface area (Å²) in [5, 5.41) is 15.0. The van der Waals surface area contributed by atoms with E-state index < -0.39 is 0 Å². The maximum Gasteiger partial charge on any atom is 0.319 e.